The first kappa shape index (κ1) is 10.9. The molecule has 0 unspecified atom stereocenters. The summed E-state index contributed by atoms with van der Waals surface area (Å²) in [6.45, 7) is 0. The molecule has 0 saturated heterocycles. The van der Waals surface area contributed by atoms with Gasteiger partial charge in [0.15, 0.2) is 0 Å². The maximum Gasteiger partial charge on any atom is 0.310 e. The van der Waals surface area contributed by atoms with Crippen LogP contribution in [0.4, 0.5) is 0 Å². The minimum absolute atomic E-state index is 0.328. The SMILES string of the molecule is COC(=O)[C@H]1CCC[C@@H]1N1C(=O)C=CC1=O. The van der Waals surface area contributed by atoms with Gasteiger partial charge in [0.1, 0.15) is 0 Å². The summed E-state index contributed by atoms with van der Waals surface area (Å²) in [5.41, 5.74) is 0. The van der Waals surface area contributed by atoms with Gasteiger partial charge in [-0.2, -0.15) is 0 Å². The Morgan fingerprint density at radius 3 is 2.50 bits per heavy atom. The normalized spacial score (nSPS) is 28.9. The number of rotatable bonds is 2. The monoisotopic (exact) mass is 223 g/mol. The molecule has 0 spiro atoms. The van der Waals surface area contributed by atoms with E-state index < -0.39 is 0 Å². The average molecular weight is 223 g/mol. The van der Waals surface area contributed by atoms with E-state index in [1.807, 2.05) is 0 Å². The van der Waals surface area contributed by atoms with E-state index >= 15 is 0 Å². The van der Waals surface area contributed by atoms with Gasteiger partial charge < -0.3 is 4.74 Å². The molecule has 0 N–H and O–H groups in total. The van der Waals surface area contributed by atoms with Gasteiger partial charge in [-0.3, -0.25) is 19.3 Å². The Kier molecular flexibility index (Phi) is 2.77. The number of methoxy groups -OCH3 is 1. The van der Waals surface area contributed by atoms with Crippen molar-refractivity contribution in [3.05, 3.63) is 12.2 Å². The van der Waals surface area contributed by atoms with E-state index in [-0.39, 0.29) is 29.7 Å². The zero-order valence-electron chi connectivity index (χ0n) is 9.01. The number of hydrogen-bond donors (Lipinski definition) is 0. The van der Waals surface area contributed by atoms with Crippen molar-refractivity contribution >= 4 is 17.8 Å². The second-order valence-corrected chi connectivity index (χ2v) is 4.01. The first-order chi connectivity index (χ1) is 7.65. The van der Waals surface area contributed by atoms with E-state index in [1.165, 1.54) is 24.2 Å². The topological polar surface area (TPSA) is 63.7 Å². The number of ether oxygens (including phenoxy) is 1. The molecule has 5 heteroatoms. The Bertz CT molecular complexity index is 356. The second kappa shape index (κ2) is 4.08. The summed E-state index contributed by atoms with van der Waals surface area (Å²) >= 11 is 0. The predicted molar refractivity (Wildman–Crippen MR) is 54.1 cm³/mol. The standard InChI is InChI=1S/C11H13NO4/c1-16-11(15)7-3-2-4-8(7)12-9(13)5-6-10(12)14/h5-8H,2-4H2,1H3/t7-,8-/m0/s1. The molecule has 1 heterocycles. The summed E-state index contributed by atoms with van der Waals surface area (Å²) in [5.74, 6) is -1.36. The number of nitrogens with zero attached hydrogens (tertiary/aromatic N) is 1. The van der Waals surface area contributed by atoms with Crippen LogP contribution in [-0.2, 0) is 19.1 Å². The number of carbonyl (C=O) groups excluding carboxylic acids is 3. The third-order valence-corrected chi connectivity index (χ3v) is 3.16. The van der Waals surface area contributed by atoms with Crippen LogP contribution in [0.3, 0.4) is 0 Å². The zero-order valence-corrected chi connectivity index (χ0v) is 9.01. The summed E-state index contributed by atoms with van der Waals surface area (Å²) in [7, 11) is 1.32. The van der Waals surface area contributed by atoms with Crippen molar-refractivity contribution in [1.82, 2.24) is 4.90 Å². The number of imide groups is 1. The van der Waals surface area contributed by atoms with E-state index in [0.29, 0.717) is 12.8 Å². The molecule has 2 aliphatic rings. The van der Waals surface area contributed by atoms with Gasteiger partial charge in [-0.25, -0.2) is 0 Å². The summed E-state index contributed by atoms with van der Waals surface area (Å²) in [4.78, 5) is 35.7. The van der Waals surface area contributed by atoms with Gasteiger partial charge >= 0.3 is 5.97 Å². The Labute approximate surface area is 93.0 Å². The number of amides is 2. The van der Waals surface area contributed by atoms with Gasteiger partial charge in [0, 0.05) is 12.2 Å². The Hall–Kier alpha value is -1.65. The van der Waals surface area contributed by atoms with Crippen LogP contribution in [0.2, 0.25) is 0 Å². The average Bonchev–Trinajstić information content (AvgIpc) is 2.84. The third-order valence-electron chi connectivity index (χ3n) is 3.16. The van der Waals surface area contributed by atoms with Crippen molar-refractivity contribution in [3.8, 4) is 0 Å². The molecule has 1 fully saturated rings. The minimum atomic E-state index is -0.363. The van der Waals surface area contributed by atoms with Crippen LogP contribution in [0.1, 0.15) is 19.3 Å². The molecule has 2 rings (SSSR count). The lowest BCUT2D eigenvalue weighted by molar-refractivity contribution is -0.149. The van der Waals surface area contributed by atoms with Crippen LogP contribution < -0.4 is 0 Å². The molecular formula is C11H13NO4. The fraction of sp³-hybridized carbons (Fsp3) is 0.545. The Morgan fingerprint density at radius 2 is 1.94 bits per heavy atom. The van der Waals surface area contributed by atoms with Gasteiger partial charge in [0.05, 0.1) is 19.1 Å². The van der Waals surface area contributed by atoms with Crippen LogP contribution in [0.5, 0.6) is 0 Å². The van der Waals surface area contributed by atoms with Crippen LogP contribution in [0, 0.1) is 5.92 Å². The van der Waals surface area contributed by atoms with E-state index in [2.05, 4.69) is 4.74 Å². The maximum atomic E-state index is 11.5. The largest absolute Gasteiger partial charge is 0.469 e. The zero-order chi connectivity index (χ0) is 11.7. The molecule has 0 aromatic carbocycles. The van der Waals surface area contributed by atoms with Crippen molar-refractivity contribution in [1.29, 1.82) is 0 Å². The fourth-order valence-electron chi connectivity index (χ4n) is 2.41. The van der Waals surface area contributed by atoms with Gasteiger partial charge in [0.25, 0.3) is 11.8 Å². The molecule has 1 aliphatic heterocycles. The van der Waals surface area contributed by atoms with Gasteiger partial charge in [0.2, 0.25) is 0 Å². The Balaban J connectivity index is 2.17. The van der Waals surface area contributed by atoms with Crippen LogP contribution in [0.15, 0.2) is 12.2 Å². The number of esters is 1. The predicted octanol–water partition coefficient (Wildman–Crippen LogP) is 0.253. The molecule has 2 atom stereocenters. The fourth-order valence-corrected chi connectivity index (χ4v) is 2.41. The molecular weight excluding hydrogens is 210 g/mol. The highest BCUT2D eigenvalue weighted by molar-refractivity contribution is 6.13. The van der Waals surface area contributed by atoms with Gasteiger partial charge in [-0.1, -0.05) is 6.42 Å². The maximum absolute atomic E-state index is 11.5. The van der Waals surface area contributed by atoms with Crippen molar-refractivity contribution in [3.63, 3.8) is 0 Å². The highest BCUT2D eigenvalue weighted by Crippen LogP contribution is 2.32. The summed E-state index contributed by atoms with van der Waals surface area (Å²) in [5, 5.41) is 0. The smallest absolute Gasteiger partial charge is 0.310 e. The number of carbonyl (C=O) groups is 3. The van der Waals surface area contributed by atoms with E-state index in [0.717, 1.165) is 6.42 Å². The second-order valence-electron chi connectivity index (χ2n) is 4.01. The van der Waals surface area contributed by atoms with E-state index in [4.69, 9.17) is 0 Å². The summed E-state index contributed by atoms with van der Waals surface area (Å²) in [6.07, 6.45) is 4.68. The molecule has 5 nitrogen and oxygen atoms in total. The molecule has 0 bridgehead atoms. The first-order valence-electron chi connectivity index (χ1n) is 5.28. The van der Waals surface area contributed by atoms with E-state index in [9.17, 15) is 14.4 Å². The van der Waals surface area contributed by atoms with Crippen molar-refractivity contribution < 1.29 is 19.1 Å². The van der Waals surface area contributed by atoms with Gasteiger partial charge in [-0.05, 0) is 12.8 Å². The lowest BCUT2D eigenvalue weighted by Gasteiger charge is -2.26. The highest BCUT2D eigenvalue weighted by atomic mass is 16.5. The highest BCUT2D eigenvalue weighted by Gasteiger charge is 2.42. The van der Waals surface area contributed by atoms with Crippen molar-refractivity contribution in [2.45, 2.75) is 25.3 Å². The van der Waals surface area contributed by atoms with Crippen molar-refractivity contribution in [2.24, 2.45) is 5.92 Å². The lowest BCUT2D eigenvalue weighted by atomic mass is 10.0. The molecule has 16 heavy (non-hydrogen) atoms. The molecule has 2 amide bonds. The van der Waals surface area contributed by atoms with E-state index in [1.54, 1.807) is 0 Å². The van der Waals surface area contributed by atoms with Crippen LogP contribution >= 0.6 is 0 Å². The molecule has 1 aliphatic carbocycles. The van der Waals surface area contributed by atoms with Crippen molar-refractivity contribution in [2.75, 3.05) is 7.11 Å². The minimum Gasteiger partial charge on any atom is -0.469 e. The first-order valence-corrected chi connectivity index (χ1v) is 5.28. The summed E-state index contributed by atoms with van der Waals surface area (Å²) < 4.78 is 4.69. The Morgan fingerprint density at radius 1 is 1.31 bits per heavy atom. The van der Waals surface area contributed by atoms with Crippen LogP contribution in [0.25, 0.3) is 0 Å². The molecule has 86 valence electrons. The molecule has 0 radical (unpaired) electrons. The molecule has 0 aromatic rings. The summed E-state index contributed by atoms with van der Waals surface area (Å²) in [6, 6.07) is -0.331. The third kappa shape index (κ3) is 1.62. The quantitative estimate of drug-likeness (QED) is 0.497. The molecule has 1 saturated carbocycles. The molecule has 0 aromatic heterocycles. The number of hydrogen-bond acceptors (Lipinski definition) is 4. The van der Waals surface area contributed by atoms with Gasteiger partial charge in [-0.15, -0.1) is 0 Å². The van der Waals surface area contributed by atoms with Crippen LogP contribution in [-0.4, -0.2) is 35.8 Å². The lowest BCUT2D eigenvalue weighted by Crippen LogP contribution is -2.44.